The zero-order valence-electron chi connectivity index (χ0n) is 11.1. The molecule has 0 saturated carbocycles. The average molecular weight is 294 g/mol. The molecular formula is C13H14N2O4S. The molecule has 1 aromatic heterocycles. The highest BCUT2D eigenvalue weighted by Gasteiger charge is 2.23. The van der Waals surface area contributed by atoms with Crippen molar-refractivity contribution in [2.24, 2.45) is 7.05 Å². The first-order chi connectivity index (χ1) is 9.31. The Morgan fingerprint density at radius 1 is 1.35 bits per heavy atom. The monoisotopic (exact) mass is 294 g/mol. The lowest BCUT2D eigenvalue weighted by atomic mass is 10.2. The van der Waals surface area contributed by atoms with Gasteiger partial charge in [0.2, 0.25) is 0 Å². The van der Waals surface area contributed by atoms with Crippen molar-refractivity contribution in [2.45, 2.75) is 17.6 Å². The van der Waals surface area contributed by atoms with Gasteiger partial charge in [0.25, 0.3) is 0 Å². The van der Waals surface area contributed by atoms with E-state index in [0.717, 1.165) is 0 Å². The molecule has 0 aliphatic carbocycles. The number of benzene rings is 1. The molecule has 0 fully saturated rings. The lowest BCUT2D eigenvalue weighted by Gasteiger charge is -2.07. The van der Waals surface area contributed by atoms with Crippen LogP contribution in [0.15, 0.2) is 35.2 Å². The molecular weight excluding hydrogens is 280 g/mol. The van der Waals surface area contributed by atoms with E-state index < -0.39 is 15.8 Å². The first-order valence-corrected chi connectivity index (χ1v) is 7.51. The molecule has 1 aromatic carbocycles. The maximum Gasteiger partial charge on any atom is 0.337 e. The fourth-order valence-corrected chi connectivity index (χ4v) is 3.58. The van der Waals surface area contributed by atoms with Crippen LogP contribution >= 0.6 is 0 Å². The van der Waals surface area contributed by atoms with Crippen LogP contribution in [-0.4, -0.2) is 29.3 Å². The predicted octanol–water partition coefficient (Wildman–Crippen LogP) is 1.40. The molecule has 6 nitrogen and oxygen atoms in total. The van der Waals surface area contributed by atoms with Crippen LogP contribution in [0, 0.1) is 6.92 Å². The topological polar surface area (TPSA) is 89.3 Å². The van der Waals surface area contributed by atoms with Gasteiger partial charge in [0.1, 0.15) is 0 Å². The number of hydrogen-bond acceptors (Lipinski definition) is 4. The van der Waals surface area contributed by atoms with Crippen LogP contribution < -0.4 is 0 Å². The van der Waals surface area contributed by atoms with E-state index in [9.17, 15) is 13.2 Å². The van der Waals surface area contributed by atoms with Crippen LogP contribution in [0.4, 0.5) is 0 Å². The Hall–Kier alpha value is -2.15. The number of rotatable bonds is 4. The number of carbonyl (C=O) groups is 1. The molecule has 0 bridgehead atoms. The summed E-state index contributed by atoms with van der Waals surface area (Å²) in [5, 5.41) is 13.2. The smallest absolute Gasteiger partial charge is 0.337 e. The second-order valence-corrected chi connectivity index (χ2v) is 6.42. The third kappa shape index (κ3) is 2.72. The Kier molecular flexibility index (Phi) is 3.63. The van der Waals surface area contributed by atoms with Gasteiger partial charge in [-0.15, -0.1) is 0 Å². The number of hydrogen-bond donors (Lipinski definition) is 1. The Bertz CT molecular complexity index is 762. The highest BCUT2D eigenvalue weighted by atomic mass is 32.2. The number of sulfone groups is 1. The number of aryl methyl sites for hydroxylation is 2. The lowest BCUT2D eigenvalue weighted by Crippen LogP contribution is -2.13. The van der Waals surface area contributed by atoms with Gasteiger partial charge in [-0.05, 0) is 25.1 Å². The molecule has 0 aliphatic rings. The molecule has 106 valence electrons. The van der Waals surface area contributed by atoms with E-state index in [0.29, 0.717) is 11.4 Å². The van der Waals surface area contributed by atoms with Gasteiger partial charge in [-0.1, -0.05) is 12.1 Å². The van der Waals surface area contributed by atoms with E-state index in [2.05, 4.69) is 5.10 Å². The summed E-state index contributed by atoms with van der Waals surface area (Å²) in [6.07, 6.45) is 0. The van der Waals surface area contributed by atoms with Crippen LogP contribution in [0.2, 0.25) is 0 Å². The van der Waals surface area contributed by atoms with Gasteiger partial charge in [0.15, 0.2) is 9.84 Å². The van der Waals surface area contributed by atoms with E-state index >= 15 is 0 Å². The van der Waals surface area contributed by atoms with Crippen molar-refractivity contribution >= 4 is 15.8 Å². The van der Waals surface area contributed by atoms with Gasteiger partial charge in [-0.25, -0.2) is 13.2 Å². The van der Waals surface area contributed by atoms with E-state index in [-0.39, 0.29) is 16.2 Å². The molecule has 0 spiro atoms. The summed E-state index contributed by atoms with van der Waals surface area (Å²) in [4.78, 5) is 10.9. The Balaban J connectivity index is 2.46. The third-order valence-corrected chi connectivity index (χ3v) is 4.59. The summed E-state index contributed by atoms with van der Waals surface area (Å²) in [5.74, 6) is -1.54. The lowest BCUT2D eigenvalue weighted by molar-refractivity contribution is 0.0692. The minimum atomic E-state index is -3.74. The SMILES string of the molecule is Cc1cc(CS(=O)(=O)c2ccccc2C(=O)O)n(C)n1. The standard InChI is InChI=1S/C13H14N2O4S/c1-9-7-10(15(2)14-9)8-20(18,19)12-6-4-3-5-11(12)13(16)17/h3-7H,8H2,1-2H3,(H,16,17). The molecule has 0 amide bonds. The Labute approximate surface area is 116 Å². The highest BCUT2D eigenvalue weighted by molar-refractivity contribution is 7.90. The Morgan fingerprint density at radius 2 is 2.00 bits per heavy atom. The summed E-state index contributed by atoms with van der Waals surface area (Å²) >= 11 is 0. The van der Waals surface area contributed by atoms with E-state index in [1.54, 1.807) is 20.0 Å². The predicted molar refractivity (Wildman–Crippen MR) is 72.2 cm³/mol. The van der Waals surface area contributed by atoms with Crippen LogP contribution in [0.1, 0.15) is 21.7 Å². The van der Waals surface area contributed by atoms with Crippen molar-refractivity contribution in [3.8, 4) is 0 Å². The van der Waals surface area contributed by atoms with Gasteiger partial charge in [0.05, 0.1) is 27.6 Å². The van der Waals surface area contributed by atoms with Gasteiger partial charge in [-0.3, -0.25) is 4.68 Å². The second kappa shape index (κ2) is 5.09. The number of carboxylic acids is 1. The summed E-state index contributed by atoms with van der Waals surface area (Å²) in [6.45, 7) is 1.77. The average Bonchev–Trinajstić information content (AvgIpc) is 2.67. The summed E-state index contributed by atoms with van der Waals surface area (Å²) in [7, 11) is -2.09. The van der Waals surface area contributed by atoms with Crippen LogP contribution in [-0.2, 0) is 22.6 Å². The number of nitrogens with zero attached hydrogens (tertiary/aromatic N) is 2. The van der Waals surface area contributed by atoms with Crippen molar-refractivity contribution in [3.05, 3.63) is 47.3 Å². The third-order valence-electron chi connectivity index (χ3n) is 2.89. The maximum absolute atomic E-state index is 12.4. The minimum absolute atomic E-state index is 0.175. The van der Waals surface area contributed by atoms with E-state index in [1.165, 1.54) is 28.9 Å². The normalized spacial score (nSPS) is 11.5. The molecule has 1 N–H and O–H groups in total. The van der Waals surface area contributed by atoms with Crippen molar-refractivity contribution in [1.29, 1.82) is 0 Å². The van der Waals surface area contributed by atoms with Crippen LogP contribution in [0.25, 0.3) is 0 Å². The Morgan fingerprint density at radius 3 is 2.55 bits per heavy atom. The highest BCUT2D eigenvalue weighted by Crippen LogP contribution is 2.20. The van der Waals surface area contributed by atoms with Crippen LogP contribution in [0.5, 0.6) is 0 Å². The largest absolute Gasteiger partial charge is 0.478 e. The molecule has 2 rings (SSSR count). The van der Waals surface area contributed by atoms with Gasteiger partial charge in [0, 0.05) is 7.05 Å². The quantitative estimate of drug-likeness (QED) is 0.920. The van der Waals surface area contributed by atoms with Crippen molar-refractivity contribution in [1.82, 2.24) is 9.78 Å². The molecule has 0 saturated heterocycles. The van der Waals surface area contributed by atoms with Crippen molar-refractivity contribution in [3.63, 3.8) is 0 Å². The molecule has 7 heteroatoms. The molecule has 0 aliphatic heterocycles. The van der Waals surface area contributed by atoms with Gasteiger partial charge >= 0.3 is 5.97 Å². The zero-order valence-corrected chi connectivity index (χ0v) is 11.9. The summed E-state index contributed by atoms with van der Waals surface area (Å²) < 4.78 is 26.3. The first kappa shape index (κ1) is 14.3. The van der Waals surface area contributed by atoms with Crippen molar-refractivity contribution in [2.75, 3.05) is 0 Å². The van der Waals surface area contributed by atoms with E-state index in [1.807, 2.05) is 0 Å². The first-order valence-electron chi connectivity index (χ1n) is 5.86. The summed E-state index contributed by atoms with van der Waals surface area (Å²) in [5.41, 5.74) is 1.01. The minimum Gasteiger partial charge on any atom is -0.478 e. The molecule has 0 radical (unpaired) electrons. The molecule has 0 unspecified atom stereocenters. The molecule has 20 heavy (non-hydrogen) atoms. The van der Waals surface area contributed by atoms with Gasteiger partial charge in [-0.2, -0.15) is 5.10 Å². The second-order valence-electron chi connectivity index (χ2n) is 4.46. The fraction of sp³-hybridized carbons (Fsp3) is 0.231. The van der Waals surface area contributed by atoms with Crippen molar-refractivity contribution < 1.29 is 18.3 Å². The number of aromatic nitrogens is 2. The number of carboxylic acid groups (broad SMARTS) is 1. The van der Waals surface area contributed by atoms with Crippen LogP contribution in [0.3, 0.4) is 0 Å². The summed E-state index contributed by atoms with van der Waals surface area (Å²) in [6, 6.07) is 7.26. The van der Waals surface area contributed by atoms with Gasteiger partial charge < -0.3 is 5.11 Å². The molecule has 1 heterocycles. The van der Waals surface area contributed by atoms with E-state index in [4.69, 9.17) is 5.11 Å². The molecule has 0 atom stereocenters. The number of aromatic carboxylic acids is 1. The maximum atomic E-state index is 12.4. The molecule has 2 aromatic rings. The fourth-order valence-electron chi connectivity index (χ4n) is 1.99. The zero-order chi connectivity index (χ0) is 14.9.